The van der Waals surface area contributed by atoms with E-state index in [0.29, 0.717) is 17.1 Å². The fraction of sp³-hybridized carbons (Fsp3) is 0.318. The summed E-state index contributed by atoms with van der Waals surface area (Å²) in [4.78, 5) is 15.0. The average Bonchev–Trinajstić information content (AvgIpc) is 3.28. The van der Waals surface area contributed by atoms with Crippen LogP contribution in [0.3, 0.4) is 0 Å². The van der Waals surface area contributed by atoms with E-state index in [1.807, 2.05) is 36.1 Å². The van der Waals surface area contributed by atoms with Crippen molar-refractivity contribution >= 4 is 32.9 Å². The number of sulfone groups is 1. The fourth-order valence-corrected chi connectivity index (χ4v) is 5.36. The number of anilines is 3. The van der Waals surface area contributed by atoms with E-state index in [-0.39, 0.29) is 4.90 Å². The molecule has 4 rings (SSSR count). The number of methoxy groups -OCH3 is 1. The van der Waals surface area contributed by atoms with E-state index < -0.39 is 26.5 Å². The summed E-state index contributed by atoms with van der Waals surface area (Å²) in [6.45, 7) is 3.48. The Morgan fingerprint density at radius 2 is 1.77 bits per heavy atom. The predicted octanol–water partition coefficient (Wildman–Crippen LogP) is 3.93. The number of ether oxygens (including phenoxy) is 1. The van der Waals surface area contributed by atoms with Crippen LogP contribution in [0.15, 0.2) is 52.4 Å². The monoisotopic (exact) mass is 430 g/mol. The lowest BCUT2D eigenvalue weighted by Crippen LogP contribution is -2.27. The molecule has 2 aliphatic rings. The molecule has 0 radical (unpaired) electrons. The Morgan fingerprint density at radius 1 is 1.10 bits per heavy atom. The van der Waals surface area contributed by atoms with Crippen molar-refractivity contribution in [1.82, 2.24) is 0 Å². The number of carbonyl (C=O) groups excluding carboxylic acids is 1. The number of carbonyl (C=O) groups is 1. The zero-order chi connectivity index (χ0) is 21.5. The maximum Gasteiger partial charge on any atom is 0.351 e. The molecule has 1 saturated heterocycles. The van der Waals surface area contributed by atoms with Crippen molar-refractivity contribution in [2.45, 2.75) is 31.1 Å². The Kier molecular flexibility index (Phi) is 5.27. The maximum absolute atomic E-state index is 15.0. The van der Waals surface area contributed by atoms with Crippen molar-refractivity contribution in [3.05, 3.63) is 58.9 Å². The van der Waals surface area contributed by atoms with Crippen LogP contribution in [0.25, 0.3) is 0 Å². The molecule has 0 bridgehead atoms. The van der Waals surface area contributed by atoms with Crippen LogP contribution in [0.4, 0.5) is 21.5 Å². The van der Waals surface area contributed by atoms with Gasteiger partial charge in [-0.25, -0.2) is 17.6 Å². The summed E-state index contributed by atoms with van der Waals surface area (Å²) < 4.78 is 45.8. The topological polar surface area (TPSA) is 66.9 Å². The van der Waals surface area contributed by atoms with Crippen LogP contribution >= 0.6 is 0 Å². The van der Waals surface area contributed by atoms with E-state index in [0.717, 1.165) is 51.1 Å². The first kappa shape index (κ1) is 20.4. The first-order chi connectivity index (χ1) is 14.4. The van der Waals surface area contributed by atoms with E-state index in [9.17, 15) is 17.6 Å². The first-order valence-electron chi connectivity index (χ1n) is 9.88. The van der Waals surface area contributed by atoms with Gasteiger partial charge in [0, 0.05) is 25.0 Å². The van der Waals surface area contributed by atoms with Gasteiger partial charge in [-0.2, -0.15) is 0 Å². The minimum Gasteiger partial charge on any atom is -0.465 e. The highest BCUT2D eigenvalue weighted by molar-refractivity contribution is 7.96. The number of nitrogens with zero attached hydrogens (tertiary/aromatic N) is 2. The van der Waals surface area contributed by atoms with Gasteiger partial charge < -0.3 is 14.5 Å². The lowest BCUT2D eigenvalue weighted by molar-refractivity contribution is -0.135. The molecule has 2 aromatic carbocycles. The third-order valence-electron chi connectivity index (χ3n) is 5.57. The first-order valence-corrected chi connectivity index (χ1v) is 11.4. The molecule has 0 spiro atoms. The van der Waals surface area contributed by atoms with Crippen molar-refractivity contribution < 1.29 is 22.3 Å². The van der Waals surface area contributed by atoms with Crippen LogP contribution in [-0.2, 0) is 25.8 Å². The van der Waals surface area contributed by atoms with Gasteiger partial charge in [0.1, 0.15) is 5.82 Å². The van der Waals surface area contributed by atoms with Gasteiger partial charge in [-0.1, -0.05) is 19.1 Å². The molecule has 0 aromatic heterocycles. The molecule has 30 heavy (non-hydrogen) atoms. The predicted molar refractivity (Wildman–Crippen MR) is 113 cm³/mol. The lowest BCUT2D eigenvalue weighted by Gasteiger charge is -2.30. The summed E-state index contributed by atoms with van der Waals surface area (Å²) in [7, 11) is -3.11. The van der Waals surface area contributed by atoms with Gasteiger partial charge in [-0.05, 0) is 49.1 Å². The van der Waals surface area contributed by atoms with E-state index in [1.54, 1.807) is 11.0 Å². The molecule has 158 valence electrons. The number of fused-ring (bicyclic) bond motifs is 1. The second kappa shape index (κ2) is 7.75. The van der Waals surface area contributed by atoms with Crippen LogP contribution in [0.1, 0.15) is 25.3 Å². The van der Waals surface area contributed by atoms with Gasteiger partial charge >= 0.3 is 5.97 Å². The highest BCUT2D eigenvalue weighted by atomic mass is 32.2. The standard InChI is InChI=1S/C22H23FN2O4S/c1-3-15-6-8-16(9-7-15)25-14-21(22(26)29-2)30(27,28)20-12-17(23)18(13-19(20)25)24-10-4-5-11-24/h6-9,12-14H,3-5,10-11H2,1-2H3. The van der Waals surface area contributed by atoms with Crippen molar-refractivity contribution in [3.63, 3.8) is 0 Å². The van der Waals surface area contributed by atoms with Crippen LogP contribution in [0.5, 0.6) is 0 Å². The molecule has 0 N–H and O–H groups in total. The quantitative estimate of drug-likeness (QED) is 0.685. The molecule has 2 aliphatic heterocycles. The zero-order valence-corrected chi connectivity index (χ0v) is 17.7. The molecule has 1 fully saturated rings. The normalized spacial score (nSPS) is 17.5. The second-order valence-corrected chi connectivity index (χ2v) is 9.23. The lowest BCUT2D eigenvalue weighted by atomic mass is 10.1. The van der Waals surface area contributed by atoms with Crippen molar-refractivity contribution in [1.29, 1.82) is 0 Å². The number of rotatable bonds is 4. The highest BCUT2D eigenvalue weighted by Gasteiger charge is 2.38. The number of halogens is 1. The molecule has 2 aromatic rings. The minimum absolute atomic E-state index is 0.245. The Balaban J connectivity index is 1.93. The molecule has 8 heteroatoms. The fourth-order valence-electron chi connectivity index (χ4n) is 3.88. The average molecular weight is 431 g/mol. The number of aryl methyl sites for hydroxylation is 1. The molecule has 0 saturated carbocycles. The van der Waals surface area contributed by atoms with E-state index in [4.69, 9.17) is 0 Å². The highest BCUT2D eigenvalue weighted by Crippen LogP contribution is 2.43. The molecule has 6 nitrogen and oxygen atoms in total. The Bertz CT molecular complexity index is 1120. The van der Waals surface area contributed by atoms with Gasteiger partial charge in [0.15, 0.2) is 4.91 Å². The number of esters is 1. The molecular formula is C22H23FN2O4S. The smallest absolute Gasteiger partial charge is 0.351 e. The Labute approximate surface area is 175 Å². The van der Waals surface area contributed by atoms with Gasteiger partial charge in [0.25, 0.3) is 0 Å². The third kappa shape index (κ3) is 3.35. The SMILES string of the molecule is CCc1ccc(N2C=C(C(=O)OC)S(=O)(=O)c3cc(F)c(N4CCCC4)cc32)cc1. The summed E-state index contributed by atoms with van der Waals surface area (Å²) >= 11 is 0. The van der Waals surface area contributed by atoms with Crippen molar-refractivity contribution in [2.75, 3.05) is 30.0 Å². The molecule has 0 atom stereocenters. The summed E-state index contributed by atoms with van der Waals surface area (Å²) in [5.74, 6) is -1.61. The maximum atomic E-state index is 15.0. The molecule has 0 amide bonds. The summed E-state index contributed by atoms with van der Waals surface area (Å²) in [6, 6.07) is 10.2. The third-order valence-corrected chi connectivity index (χ3v) is 7.33. The van der Waals surface area contributed by atoms with Gasteiger partial charge in [0.2, 0.25) is 9.84 Å². The number of benzene rings is 2. The van der Waals surface area contributed by atoms with E-state index in [1.165, 1.54) is 6.20 Å². The molecule has 0 aliphatic carbocycles. The van der Waals surface area contributed by atoms with Gasteiger partial charge in [-0.3, -0.25) is 0 Å². The van der Waals surface area contributed by atoms with Crippen molar-refractivity contribution in [2.24, 2.45) is 0 Å². The van der Waals surface area contributed by atoms with Crippen molar-refractivity contribution in [3.8, 4) is 0 Å². The largest absolute Gasteiger partial charge is 0.465 e. The number of hydrogen-bond donors (Lipinski definition) is 0. The molecule has 2 heterocycles. The van der Waals surface area contributed by atoms with Crippen LogP contribution < -0.4 is 9.80 Å². The van der Waals surface area contributed by atoms with E-state index >= 15 is 0 Å². The Hall–Kier alpha value is -2.87. The molecule has 0 unspecified atom stereocenters. The van der Waals surface area contributed by atoms with Gasteiger partial charge in [-0.15, -0.1) is 0 Å². The van der Waals surface area contributed by atoms with E-state index in [2.05, 4.69) is 4.74 Å². The zero-order valence-electron chi connectivity index (χ0n) is 16.9. The van der Waals surface area contributed by atoms with Gasteiger partial charge in [0.05, 0.1) is 23.4 Å². The summed E-state index contributed by atoms with van der Waals surface area (Å²) in [5, 5.41) is 0. The number of hydrogen-bond acceptors (Lipinski definition) is 6. The minimum atomic E-state index is -4.22. The molecular weight excluding hydrogens is 407 g/mol. The van der Waals surface area contributed by atoms with Crippen LogP contribution in [-0.4, -0.2) is 34.6 Å². The van der Waals surface area contributed by atoms with Crippen LogP contribution in [0.2, 0.25) is 0 Å². The second-order valence-electron chi connectivity index (χ2n) is 7.34. The van der Waals surface area contributed by atoms with Crippen LogP contribution in [0, 0.1) is 5.82 Å². The summed E-state index contributed by atoms with van der Waals surface area (Å²) in [6.07, 6.45) is 4.04. The summed E-state index contributed by atoms with van der Waals surface area (Å²) in [5.41, 5.74) is 2.48. The Morgan fingerprint density at radius 3 is 2.37 bits per heavy atom.